The number of ether oxygens (including phenoxy) is 1. The van der Waals surface area contributed by atoms with Crippen LogP contribution in [0.3, 0.4) is 0 Å². The molecular formula is C32H38ClFN2O5S. The largest absolute Gasteiger partial charge is 0.490 e. The van der Waals surface area contributed by atoms with Gasteiger partial charge in [0.15, 0.2) is 0 Å². The van der Waals surface area contributed by atoms with E-state index in [2.05, 4.69) is 15.7 Å². The summed E-state index contributed by atoms with van der Waals surface area (Å²) in [5.74, 6) is 0.117. The van der Waals surface area contributed by atoms with Crippen LogP contribution in [-0.2, 0) is 21.9 Å². The van der Waals surface area contributed by atoms with E-state index in [1.54, 1.807) is 30.4 Å². The van der Waals surface area contributed by atoms with Gasteiger partial charge >= 0.3 is 0 Å². The smallest absolute Gasteiger partial charge is 0.264 e. The summed E-state index contributed by atoms with van der Waals surface area (Å²) in [6, 6.07) is 11.1. The van der Waals surface area contributed by atoms with Crippen molar-refractivity contribution in [2.75, 3.05) is 24.6 Å². The zero-order chi connectivity index (χ0) is 29.6. The van der Waals surface area contributed by atoms with Crippen LogP contribution < -0.4 is 14.4 Å². The van der Waals surface area contributed by atoms with Crippen molar-refractivity contribution in [2.24, 2.45) is 11.8 Å². The van der Waals surface area contributed by atoms with E-state index in [0.717, 1.165) is 37.8 Å². The van der Waals surface area contributed by atoms with Gasteiger partial charge in [0.2, 0.25) is 10.0 Å². The Hall–Kier alpha value is -2.62. The van der Waals surface area contributed by atoms with Crippen LogP contribution in [0, 0.1) is 11.8 Å². The first-order valence-electron chi connectivity index (χ1n) is 14.9. The first kappa shape index (κ1) is 29.5. The van der Waals surface area contributed by atoms with E-state index in [0.29, 0.717) is 30.5 Å². The Balaban J connectivity index is 1.42. The topological polar surface area (TPSA) is 95.9 Å². The van der Waals surface area contributed by atoms with Crippen molar-refractivity contribution in [1.82, 2.24) is 4.72 Å². The number of sulfonamides is 1. The van der Waals surface area contributed by atoms with E-state index in [4.69, 9.17) is 16.3 Å². The van der Waals surface area contributed by atoms with Gasteiger partial charge in [0.05, 0.1) is 18.4 Å². The van der Waals surface area contributed by atoms with Crippen molar-refractivity contribution < 1.29 is 27.4 Å². The number of hydrogen-bond acceptors (Lipinski definition) is 6. The molecule has 2 bridgehead atoms. The summed E-state index contributed by atoms with van der Waals surface area (Å²) in [5.41, 5.74) is 3.03. The lowest BCUT2D eigenvalue weighted by Crippen LogP contribution is -2.49. The molecular weight excluding hydrogens is 579 g/mol. The van der Waals surface area contributed by atoms with Crippen LogP contribution in [0.1, 0.15) is 66.9 Å². The van der Waals surface area contributed by atoms with Crippen molar-refractivity contribution in [1.29, 1.82) is 0 Å². The second-order valence-corrected chi connectivity index (χ2v) is 14.8. The molecule has 2 aliphatic carbocycles. The Kier molecular flexibility index (Phi) is 8.04. The first-order valence-corrected chi connectivity index (χ1v) is 16.8. The molecule has 1 amide bonds. The Labute approximate surface area is 252 Å². The fourth-order valence-corrected chi connectivity index (χ4v) is 9.01. The molecule has 7 nitrogen and oxygen atoms in total. The van der Waals surface area contributed by atoms with Gasteiger partial charge in [-0.2, -0.15) is 0 Å². The number of fused-ring (bicyclic) bond motifs is 4. The molecule has 1 fully saturated rings. The zero-order valence-corrected chi connectivity index (χ0v) is 25.3. The molecule has 2 aliphatic heterocycles. The predicted molar refractivity (Wildman–Crippen MR) is 162 cm³/mol. The van der Waals surface area contributed by atoms with E-state index in [9.17, 15) is 22.7 Å². The number of aliphatic hydroxyl groups excluding tert-OH is 1. The maximum atomic E-state index is 14.5. The Bertz CT molecular complexity index is 1500. The molecule has 1 unspecified atom stereocenters. The van der Waals surface area contributed by atoms with Crippen molar-refractivity contribution >= 4 is 33.2 Å². The van der Waals surface area contributed by atoms with Crippen LogP contribution in [-0.4, -0.2) is 56.7 Å². The molecule has 4 aliphatic rings. The Morgan fingerprint density at radius 2 is 2.02 bits per heavy atom. The lowest BCUT2D eigenvalue weighted by atomic mass is 9.68. The van der Waals surface area contributed by atoms with Crippen LogP contribution >= 0.6 is 11.6 Å². The number of alkyl halides is 1. The second kappa shape index (κ2) is 11.5. The quantitative estimate of drug-likeness (QED) is 0.420. The van der Waals surface area contributed by atoms with Crippen LogP contribution in [0.25, 0.3) is 0 Å². The highest BCUT2D eigenvalue weighted by atomic mass is 35.5. The minimum atomic E-state index is -4.30. The number of allylic oxidation sites excluding steroid dienone is 1. The van der Waals surface area contributed by atoms with Gasteiger partial charge in [-0.25, -0.2) is 17.5 Å². The molecule has 0 aromatic heterocycles. The zero-order valence-electron chi connectivity index (χ0n) is 23.8. The minimum Gasteiger partial charge on any atom is -0.490 e. The third-order valence-corrected chi connectivity index (χ3v) is 11.9. The van der Waals surface area contributed by atoms with Crippen molar-refractivity contribution in [3.05, 3.63) is 70.3 Å². The molecule has 6 atom stereocenters. The molecule has 1 saturated carbocycles. The number of rotatable bonds is 1. The number of halogens is 2. The standard InChI is InChI=1S/C32H38ClFN2O5S/c1-20(34)30-7-3-2-6-28(37)25-11-8-23(25)17-36-18-32(14-4-5-21-15-24(33)10-12-26(21)32)19-41-29-13-9-22(16-27(29)36)31(38)35-42(30,39)40/h2,6,9-10,12-13,15-16,20,23,25,28,30,37H,3-5,7-8,11,14,17-19H2,1H3,(H,35,38)/b6-2+/t20?,23-,25+,28-,30+,32-/m0/s1. The minimum absolute atomic E-state index is 0.00182. The number of carbonyl (C=O) groups excluding carboxylic acids is 1. The molecule has 6 rings (SSSR count). The number of benzene rings is 2. The molecule has 2 N–H and O–H groups in total. The number of aliphatic hydroxyl groups is 1. The molecule has 42 heavy (non-hydrogen) atoms. The van der Waals surface area contributed by atoms with Gasteiger partial charge in [-0.1, -0.05) is 29.8 Å². The predicted octanol–water partition coefficient (Wildman–Crippen LogP) is 5.34. The third-order valence-electron chi connectivity index (χ3n) is 9.77. The molecule has 2 aromatic carbocycles. The molecule has 1 spiro atoms. The fourth-order valence-electron chi connectivity index (χ4n) is 7.34. The molecule has 0 radical (unpaired) electrons. The van der Waals surface area contributed by atoms with E-state index in [-0.39, 0.29) is 35.7 Å². The molecule has 2 aromatic rings. The summed E-state index contributed by atoms with van der Waals surface area (Å²) in [6.45, 7) is 2.96. The average molecular weight is 617 g/mol. The SMILES string of the molecule is CC(F)[C@H]1CC/C=C/[C@H](O)[C@@H]2CC[C@H]2CN2C[C@@]3(CCCc4cc(Cl)ccc43)COc3ccc(cc32)C(=O)NS1(=O)=O. The van der Waals surface area contributed by atoms with Crippen molar-refractivity contribution in [3.63, 3.8) is 0 Å². The number of amides is 1. The first-order chi connectivity index (χ1) is 20.1. The lowest BCUT2D eigenvalue weighted by molar-refractivity contribution is 0.0456. The van der Waals surface area contributed by atoms with Gasteiger partial charge in [-0.15, -0.1) is 0 Å². The van der Waals surface area contributed by atoms with E-state index >= 15 is 0 Å². The van der Waals surface area contributed by atoms with Gasteiger partial charge in [0.1, 0.15) is 17.2 Å². The van der Waals surface area contributed by atoms with E-state index in [1.165, 1.54) is 18.1 Å². The molecule has 0 saturated heterocycles. The maximum Gasteiger partial charge on any atom is 0.264 e. The monoisotopic (exact) mass is 616 g/mol. The van der Waals surface area contributed by atoms with Gasteiger partial charge in [-0.3, -0.25) is 4.79 Å². The molecule has 2 heterocycles. The second-order valence-electron chi connectivity index (χ2n) is 12.5. The van der Waals surface area contributed by atoms with E-state index in [1.807, 2.05) is 12.1 Å². The number of nitrogens with one attached hydrogen (secondary N) is 1. The number of hydrogen-bond donors (Lipinski definition) is 2. The fraction of sp³-hybridized carbons (Fsp3) is 0.531. The normalized spacial score (nSPS) is 32.3. The summed E-state index contributed by atoms with van der Waals surface area (Å²) >= 11 is 6.37. The maximum absolute atomic E-state index is 14.5. The van der Waals surface area contributed by atoms with Gasteiger partial charge in [0, 0.05) is 29.1 Å². The Morgan fingerprint density at radius 3 is 2.79 bits per heavy atom. The third kappa shape index (κ3) is 5.55. The number of anilines is 1. The van der Waals surface area contributed by atoms with Crippen LogP contribution in [0.15, 0.2) is 48.6 Å². The van der Waals surface area contributed by atoms with Crippen LogP contribution in [0.4, 0.5) is 10.1 Å². The van der Waals surface area contributed by atoms with Crippen molar-refractivity contribution in [2.45, 2.75) is 74.8 Å². The summed E-state index contributed by atoms with van der Waals surface area (Å²) in [7, 11) is -4.30. The van der Waals surface area contributed by atoms with Gasteiger partial charge < -0.3 is 14.7 Å². The summed E-state index contributed by atoms with van der Waals surface area (Å²) in [4.78, 5) is 15.6. The number of carbonyl (C=O) groups is 1. The lowest BCUT2D eigenvalue weighted by Gasteiger charge is -2.45. The van der Waals surface area contributed by atoms with Gasteiger partial charge in [0.25, 0.3) is 5.91 Å². The highest BCUT2D eigenvalue weighted by Gasteiger charge is 2.44. The van der Waals surface area contributed by atoms with Gasteiger partial charge in [-0.05, 0) is 105 Å². The Morgan fingerprint density at radius 1 is 1.19 bits per heavy atom. The number of nitrogens with zero attached hydrogens (tertiary/aromatic N) is 1. The summed E-state index contributed by atoms with van der Waals surface area (Å²) in [5, 5.41) is 10.4. The van der Waals surface area contributed by atoms with Crippen molar-refractivity contribution in [3.8, 4) is 5.75 Å². The summed E-state index contributed by atoms with van der Waals surface area (Å²) < 4.78 is 49.3. The molecule has 226 valence electrons. The highest BCUT2D eigenvalue weighted by Crippen LogP contribution is 2.46. The highest BCUT2D eigenvalue weighted by molar-refractivity contribution is 7.90. The van der Waals surface area contributed by atoms with Crippen LogP contribution in [0.5, 0.6) is 5.75 Å². The molecule has 10 heteroatoms. The number of aryl methyl sites for hydroxylation is 1. The van der Waals surface area contributed by atoms with E-state index < -0.39 is 33.5 Å². The summed E-state index contributed by atoms with van der Waals surface area (Å²) in [6.07, 6.45) is 6.11. The van der Waals surface area contributed by atoms with Crippen LogP contribution in [0.2, 0.25) is 5.02 Å². The average Bonchev–Trinajstić information content (AvgIpc) is 3.06.